The summed E-state index contributed by atoms with van der Waals surface area (Å²) >= 11 is 0. The van der Waals surface area contributed by atoms with Crippen molar-refractivity contribution in [3.05, 3.63) is 23.8 Å². The summed E-state index contributed by atoms with van der Waals surface area (Å²) in [6.07, 6.45) is 3.47. The fraction of sp³-hybridized carbons (Fsp3) is 0.652. The monoisotopic (exact) mass is 418 g/mol. The van der Waals surface area contributed by atoms with Crippen molar-refractivity contribution in [3.63, 3.8) is 0 Å². The highest BCUT2D eigenvalue weighted by Crippen LogP contribution is 2.45. The quantitative estimate of drug-likeness (QED) is 0.768. The number of methoxy groups -OCH3 is 2. The van der Waals surface area contributed by atoms with Crippen LogP contribution < -0.4 is 14.8 Å². The number of rotatable bonds is 6. The molecule has 1 heterocycles. The number of hydrogen-bond donors (Lipinski definition) is 1. The van der Waals surface area contributed by atoms with Gasteiger partial charge in [0, 0.05) is 6.54 Å². The van der Waals surface area contributed by atoms with Crippen molar-refractivity contribution in [3.8, 4) is 11.5 Å². The maximum atomic E-state index is 13.9. The molecule has 166 valence electrons. The molecule has 2 fully saturated rings. The van der Waals surface area contributed by atoms with E-state index in [1.807, 2.05) is 13.8 Å². The Morgan fingerprint density at radius 3 is 2.50 bits per heavy atom. The number of amides is 2. The number of ether oxygens (including phenoxy) is 3. The average molecular weight is 419 g/mol. The van der Waals surface area contributed by atoms with Crippen LogP contribution >= 0.6 is 0 Å². The first-order valence-corrected chi connectivity index (χ1v) is 10.8. The summed E-state index contributed by atoms with van der Waals surface area (Å²) in [4.78, 5) is 28.7. The Morgan fingerprint density at radius 1 is 1.27 bits per heavy atom. The summed E-state index contributed by atoms with van der Waals surface area (Å²) in [5, 5.41) is 2.98. The molecule has 1 saturated heterocycles. The molecule has 30 heavy (non-hydrogen) atoms. The van der Waals surface area contributed by atoms with Crippen molar-refractivity contribution < 1.29 is 23.8 Å². The molecule has 7 heteroatoms. The zero-order valence-electron chi connectivity index (χ0n) is 18.7. The molecule has 1 N–H and O–H groups in total. The summed E-state index contributed by atoms with van der Waals surface area (Å²) in [6, 6.07) is 4.56. The molecule has 7 nitrogen and oxygen atoms in total. The maximum absolute atomic E-state index is 13.9. The van der Waals surface area contributed by atoms with Crippen LogP contribution in [-0.4, -0.2) is 55.9 Å². The summed E-state index contributed by atoms with van der Waals surface area (Å²) in [7, 11) is 3.05. The molecule has 2 amide bonds. The Kier molecular flexibility index (Phi) is 6.91. The van der Waals surface area contributed by atoms with Gasteiger partial charge in [0.2, 0.25) is 5.91 Å². The molecular weight excluding hydrogens is 384 g/mol. The van der Waals surface area contributed by atoms with Gasteiger partial charge in [-0.2, -0.15) is 0 Å². The predicted molar refractivity (Wildman–Crippen MR) is 114 cm³/mol. The highest BCUT2D eigenvalue weighted by molar-refractivity contribution is 6.02. The number of nitrogens with zero attached hydrogens (tertiary/aromatic N) is 1. The Labute approximate surface area is 179 Å². The van der Waals surface area contributed by atoms with E-state index >= 15 is 0 Å². The summed E-state index contributed by atoms with van der Waals surface area (Å²) in [5.41, 5.74) is -0.451. The van der Waals surface area contributed by atoms with Gasteiger partial charge in [0.1, 0.15) is 28.8 Å². The van der Waals surface area contributed by atoms with E-state index in [2.05, 4.69) is 12.2 Å². The molecule has 1 aliphatic carbocycles. The Morgan fingerprint density at radius 2 is 1.93 bits per heavy atom. The Bertz CT molecular complexity index is 759. The van der Waals surface area contributed by atoms with Crippen LogP contribution in [0.2, 0.25) is 0 Å². The van der Waals surface area contributed by atoms with Crippen LogP contribution in [0.25, 0.3) is 0 Å². The Hall–Kier alpha value is -2.28. The minimum Gasteiger partial charge on any atom is -0.496 e. The highest BCUT2D eigenvalue weighted by Gasteiger charge is 2.54. The number of carbonyl (C=O) groups excluding carboxylic acids is 2. The van der Waals surface area contributed by atoms with Crippen LogP contribution in [0.1, 0.15) is 56.8 Å². The van der Waals surface area contributed by atoms with E-state index in [1.54, 1.807) is 23.1 Å². The molecule has 0 unspecified atom stereocenters. The van der Waals surface area contributed by atoms with E-state index in [9.17, 15) is 9.59 Å². The first kappa shape index (κ1) is 22.4. The third-order valence-electron chi connectivity index (χ3n) is 6.04. The minimum absolute atomic E-state index is 0.180. The standard InChI is InChI=1S/C23H34N2O5/c1-15(2)13-24-21(26)17-14-30-23(11-7-8-16(3)12-23)25(17)22(27)20-18(28-4)9-6-10-19(20)29-5/h6,9-10,15-17H,7-8,11-14H2,1-5H3,(H,24,26)/t16-,17-,23-/m0/s1. The van der Waals surface area contributed by atoms with Gasteiger partial charge in [0.05, 0.1) is 20.8 Å². The normalized spacial score (nSPS) is 26.1. The molecule has 1 aromatic rings. The molecule has 3 rings (SSSR count). The van der Waals surface area contributed by atoms with Crippen molar-refractivity contribution in [2.24, 2.45) is 11.8 Å². The zero-order valence-corrected chi connectivity index (χ0v) is 18.7. The molecule has 1 aliphatic heterocycles. The first-order valence-electron chi connectivity index (χ1n) is 10.8. The molecule has 0 bridgehead atoms. The molecule has 2 aliphatic rings. The largest absolute Gasteiger partial charge is 0.496 e. The highest BCUT2D eigenvalue weighted by atomic mass is 16.5. The van der Waals surface area contributed by atoms with Gasteiger partial charge in [-0.25, -0.2) is 0 Å². The van der Waals surface area contributed by atoms with E-state index in [1.165, 1.54) is 14.2 Å². The molecular formula is C23H34N2O5. The summed E-state index contributed by atoms with van der Waals surface area (Å²) in [5.74, 6) is 1.10. The molecule has 0 radical (unpaired) electrons. The lowest BCUT2D eigenvalue weighted by Gasteiger charge is -2.43. The Balaban J connectivity index is 2.02. The SMILES string of the molecule is COc1cccc(OC)c1C(=O)N1[C@H](C(=O)NCC(C)C)CO[C@]12CCC[C@H](C)C2. The molecule has 3 atom stereocenters. The van der Waals surface area contributed by atoms with E-state index in [0.717, 1.165) is 12.8 Å². The second kappa shape index (κ2) is 9.25. The van der Waals surface area contributed by atoms with E-state index in [0.29, 0.717) is 48.3 Å². The van der Waals surface area contributed by atoms with E-state index < -0.39 is 11.8 Å². The third-order valence-corrected chi connectivity index (χ3v) is 6.04. The molecule has 1 spiro atoms. The van der Waals surface area contributed by atoms with E-state index in [4.69, 9.17) is 14.2 Å². The van der Waals surface area contributed by atoms with Crippen LogP contribution in [0.15, 0.2) is 18.2 Å². The van der Waals surface area contributed by atoms with Crippen molar-refractivity contribution in [2.75, 3.05) is 27.4 Å². The van der Waals surface area contributed by atoms with Crippen LogP contribution in [-0.2, 0) is 9.53 Å². The maximum Gasteiger partial charge on any atom is 0.264 e. The zero-order chi connectivity index (χ0) is 21.9. The lowest BCUT2D eigenvalue weighted by Crippen LogP contribution is -2.57. The smallest absolute Gasteiger partial charge is 0.264 e. The van der Waals surface area contributed by atoms with Gasteiger partial charge >= 0.3 is 0 Å². The fourth-order valence-corrected chi connectivity index (χ4v) is 4.61. The second-order valence-electron chi connectivity index (χ2n) is 8.83. The van der Waals surface area contributed by atoms with E-state index in [-0.39, 0.29) is 18.4 Å². The van der Waals surface area contributed by atoms with Gasteiger partial charge in [0.25, 0.3) is 5.91 Å². The molecule has 1 aromatic carbocycles. The summed E-state index contributed by atoms with van der Waals surface area (Å²) in [6.45, 7) is 7.00. The van der Waals surface area contributed by atoms with Gasteiger partial charge in [0.15, 0.2) is 0 Å². The van der Waals surface area contributed by atoms with Gasteiger partial charge in [-0.3, -0.25) is 14.5 Å². The van der Waals surface area contributed by atoms with Gasteiger partial charge in [-0.15, -0.1) is 0 Å². The van der Waals surface area contributed by atoms with Crippen molar-refractivity contribution >= 4 is 11.8 Å². The number of hydrogen-bond acceptors (Lipinski definition) is 5. The van der Waals surface area contributed by atoms with Crippen molar-refractivity contribution in [1.82, 2.24) is 10.2 Å². The predicted octanol–water partition coefficient (Wildman–Crippen LogP) is 3.22. The third kappa shape index (κ3) is 4.26. The topological polar surface area (TPSA) is 77.1 Å². The molecule has 1 saturated carbocycles. The first-order chi connectivity index (χ1) is 14.3. The average Bonchev–Trinajstić information content (AvgIpc) is 3.08. The molecule has 0 aromatic heterocycles. The summed E-state index contributed by atoms with van der Waals surface area (Å²) < 4.78 is 17.2. The van der Waals surface area contributed by atoms with Crippen LogP contribution in [0.4, 0.5) is 0 Å². The lowest BCUT2D eigenvalue weighted by atomic mass is 9.82. The number of benzene rings is 1. The van der Waals surface area contributed by atoms with Crippen molar-refractivity contribution in [1.29, 1.82) is 0 Å². The van der Waals surface area contributed by atoms with Crippen LogP contribution in [0.3, 0.4) is 0 Å². The van der Waals surface area contributed by atoms with Crippen molar-refractivity contribution in [2.45, 2.75) is 58.2 Å². The number of carbonyl (C=O) groups is 2. The van der Waals surface area contributed by atoms with Gasteiger partial charge < -0.3 is 19.5 Å². The van der Waals surface area contributed by atoms with Gasteiger partial charge in [-0.05, 0) is 43.2 Å². The second-order valence-corrected chi connectivity index (χ2v) is 8.83. The van der Waals surface area contributed by atoms with Crippen LogP contribution in [0.5, 0.6) is 11.5 Å². The lowest BCUT2D eigenvalue weighted by molar-refractivity contribution is -0.128. The van der Waals surface area contributed by atoms with Gasteiger partial charge in [-0.1, -0.05) is 33.3 Å². The fourth-order valence-electron chi connectivity index (χ4n) is 4.61. The van der Waals surface area contributed by atoms with Crippen LogP contribution in [0, 0.1) is 11.8 Å². The minimum atomic E-state index is -0.777. The number of nitrogens with one attached hydrogen (secondary N) is 1.